The second kappa shape index (κ2) is 2.86. The van der Waals surface area contributed by atoms with Crippen molar-refractivity contribution in [1.29, 1.82) is 0 Å². The van der Waals surface area contributed by atoms with E-state index in [1.165, 1.54) is 12.1 Å². The fraction of sp³-hybridized carbons (Fsp3) is 0.727. The molecule has 0 aromatic carbocycles. The highest BCUT2D eigenvalue weighted by atomic mass is 16.1. The van der Waals surface area contributed by atoms with E-state index in [0.29, 0.717) is 12.2 Å². The van der Waals surface area contributed by atoms with Crippen LogP contribution in [0, 0.1) is 5.92 Å². The lowest BCUT2D eigenvalue weighted by Crippen LogP contribution is -2.49. The first-order chi connectivity index (χ1) is 6.08. The van der Waals surface area contributed by atoms with Gasteiger partial charge in [-0.1, -0.05) is 6.08 Å². The van der Waals surface area contributed by atoms with Gasteiger partial charge in [-0.25, -0.2) is 0 Å². The van der Waals surface area contributed by atoms with Crippen LogP contribution in [0.3, 0.4) is 0 Å². The van der Waals surface area contributed by atoms with E-state index in [-0.39, 0.29) is 11.5 Å². The fourth-order valence-corrected chi connectivity index (χ4v) is 2.34. The van der Waals surface area contributed by atoms with Crippen molar-refractivity contribution in [2.24, 2.45) is 5.92 Å². The van der Waals surface area contributed by atoms with Gasteiger partial charge in [-0.2, -0.15) is 0 Å². The lowest BCUT2D eigenvalue weighted by Gasteiger charge is -2.39. The van der Waals surface area contributed by atoms with Crippen LogP contribution in [0.2, 0.25) is 0 Å². The SMILES string of the molecule is CC1(C)CC(=O)C2CCCC=C2N1. The monoisotopic (exact) mass is 179 g/mol. The number of carbonyl (C=O) groups is 1. The summed E-state index contributed by atoms with van der Waals surface area (Å²) < 4.78 is 0. The Kier molecular flexibility index (Phi) is 1.94. The molecule has 2 nitrogen and oxygen atoms in total. The number of Topliss-reactive ketones (excluding diaryl/α,β-unsaturated/α-hetero) is 1. The molecule has 1 aliphatic heterocycles. The third-order valence-corrected chi connectivity index (χ3v) is 2.92. The molecular weight excluding hydrogens is 162 g/mol. The lowest BCUT2D eigenvalue weighted by molar-refractivity contribution is -0.125. The first kappa shape index (κ1) is 8.79. The Balaban J connectivity index is 2.25. The highest BCUT2D eigenvalue weighted by Crippen LogP contribution is 2.32. The van der Waals surface area contributed by atoms with Crippen molar-refractivity contribution in [1.82, 2.24) is 5.32 Å². The second-order valence-electron chi connectivity index (χ2n) is 4.79. The predicted octanol–water partition coefficient (Wildman–Crippen LogP) is 2.01. The highest BCUT2D eigenvalue weighted by Gasteiger charge is 2.36. The van der Waals surface area contributed by atoms with E-state index in [0.717, 1.165) is 12.8 Å². The molecule has 13 heavy (non-hydrogen) atoms. The molecular formula is C11H17NO. The number of nitrogens with one attached hydrogen (secondary N) is 1. The molecule has 0 aromatic heterocycles. The summed E-state index contributed by atoms with van der Waals surface area (Å²) in [4.78, 5) is 11.8. The van der Waals surface area contributed by atoms with Crippen molar-refractivity contribution in [2.75, 3.05) is 0 Å². The Hall–Kier alpha value is -0.790. The van der Waals surface area contributed by atoms with Crippen LogP contribution < -0.4 is 5.32 Å². The molecule has 0 aromatic rings. The fourth-order valence-electron chi connectivity index (χ4n) is 2.34. The molecule has 2 aliphatic rings. The Labute approximate surface area is 79.4 Å². The van der Waals surface area contributed by atoms with Crippen LogP contribution in [0.4, 0.5) is 0 Å². The van der Waals surface area contributed by atoms with E-state index in [1.807, 2.05) is 0 Å². The number of allylic oxidation sites excluding steroid dienone is 2. The maximum Gasteiger partial charge on any atom is 0.144 e. The lowest BCUT2D eigenvalue weighted by atomic mass is 9.78. The van der Waals surface area contributed by atoms with Crippen molar-refractivity contribution in [2.45, 2.75) is 45.1 Å². The molecule has 1 heterocycles. The Morgan fingerprint density at radius 2 is 2.31 bits per heavy atom. The standard InChI is InChI=1S/C11H17NO/c1-11(2)7-10(13)8-5-3-4-6-9(8)12-11/h6,8,12H,3-5,7H2,1-2H3. The molecule has 0 saturated carbocycles. The number of hydrogen-bond acceptors (Lipinski definition) is 2. The van der Waals surface area contributed by atoms with Crippen LogP contribution in [0.5, 0.6) is 0 Å². The van der Waals surface area contributed by atoms with Crippen LogP contribution in [-0.2, 0) is 4.79 Å². The van der Waals surface area contributed by atoms with Gasteiger partial charge in [0.2, 0.25) is 0 Å². The zero-order valence-electron chi connectivity index (χ0n) is 8.39. The first-order valence-corrected chi connectivity index (χ1v) is 5.09. The van der Waals surface area contributed by atoms with Crippen molar-refractivity contribution >= 4 is 5.78 Å². The van der Waals surface area contributed by atoms with E-state index < -0.39 is 0 Å². The maximum atomic E-state index is 11.8. The van der Waals surface area contributed by atoms with Crippen molar-refractivity contribution in [3.63, 3.8) is 0 Å². The molecule has 1 atom stereocenters. The maximum absolute atomic E-state index is 11.8. The van der Waals surface area contributed by atoms with Gasteiger partial charge in [0.1, 0.15) is 5.78 Å². The quantitative estimate of drug-likeness (QED) is 0.616. The van der Waals surface area contributed by atoms with Gasteiger partial charge in [0, 0.05) is 17.7 Å². The van der Waals surface area contributed by atoms with Gasteiger partial charge < -0.3 is 5.32 Å². The van der Waals surface area contributed by atoms with Crippen LogP contribution in [0.1, 0.15) is 39.5 Å². The average Bonchev–Trinajstić information content (AvgIpc) is 2.02. The van der Waals surface area contributed by atoms with Crippen molar-refractivity contribution in [3.05, 3.63) is 11.8 Å². The second-order valence-corrected chi connectivity index (χ2v) is 4.79. The highest BCUT2D eigenvalue weighted by molar-refractivity contribution is 5.86. The molecule has 1 N–H and O–H groups in total. The smallest absolute Gasteiger partial charge is 0.144 e. The topological polar surface area (TPSA) is 29.1 Å². The summed E-state index contributed by atoms with van der Waals surface area (Å²) in [6.45, 7) is 4.19. The molecule has 2 rings (SSSR count). The molecule has 1 unspecified atom stereocenters. The predicted molar refractivity (Wildman–Crippen MR) is 52.3 cm³/mol. The summed E-state index contributed by atoms with van der Waals surface area (Å²) in [5.41, 5.74) is 1.16. The molecule has 0 amide bonds. The molecule has 2 heteroatoms. The molecule has 1 saturated heterocycles. The van der Waals surface area contributed by atoms with E-state index in [1.54, 1.807) is 0 Å². The zero-order chi connectivity index (χ0) is 9.47. The summed E-state index contributed by atoms with van der Waals surface area (Å²) in [6, 6.07) is 0. The van der Waals surface area contributed by atoms with Gasteiger partial charge in [-0.05, 0) is 33.1 Å². The van der Waals surface area contributed by atoms with E-state index in [4.69, 9.17) is 0 Å². The van der Waals surface area contributed by atoms with Gasteiger partial charge >= 0.3 is 0 Å². The Bertz CT molecular complexity index is 265. The molecule has 1 aliphatic carbocycles. The van der Waals surface area contributed by atoms with Crippen LogP contribution in [0.25, 0.3) is 0 Å². The van der Waals surface area contributed by atoms with E-state index in [9.17, 15) is 4.79 Å². The average molecular weight is 179 g/mol. The van der Waals surface area contributed by atoms with E-state index in [2.05, 4.69) is 25.2 Å². The number of piperidine rings is 1. The summed E-state index contributed by atoms with van der Waals surface area (Å²) in [5, 5.41) is 3.47. The molecule has 1 fully saturated rings. The van der Waals surface area contributed by atoms with Gasteiger partial charge in [-0.3, -0.25) is 4.79 Å². The zero-order valence-corrected chi connectivity index (χ0v) is 8.39. The molecule has 0 spiro atoms. The van der Waals surface area contributed by atoms with Gasteiger partial charge in [0.25, 0.3) is 0 Å². The number of fused-ring (bicyclic) bond motifs is 1. The molecule has 0 bridgehead atoms. The van der Waals surface area contributed by atoms with Crippen molar-refractivity contribution in [3.8, 4) is 0 Å². The summed E-state index contributed by atoms with van der Waals surface area (Å²) >= 11 is 0. The third kappa shape index (κ3) is 1.62. The van der Waals surface area contributed by atoms with Crippen LogP contribution in [0.15, 0.2) is 11.8 Å². The summed E-state index contributed by atoms with van der Waals surface area (Å²) in [6.07, 6.45) is 6.22. The largest absolute Gasteiger partial charge is 0.383 e. The third-order valence-electron chi connectivity index (χ3n) is 2.92. The normalized spacial score (nSPS) is 31.7. The number of ketones is 1. The van der Waals surface area contributed by atoms with Crippen LogP contribution >= 0.6 is 0 Å². The van der Waals surface area contributed by atoms with Gasteiger partial charge in [0.05, 0.1) is 5.92 Å². The Morgan fingerprint density at radius 3 is 3.08 bits per heavy atom. The van der Waals surface area contributed by atoms with Gasteiger partial charge in [0.15, 0.2) is 0 Å². The first-order valence-electron chi connectivity index (χ1n) is 5.09. The molecule has 72 valence electrons. The van der Waals surface area contributed by atoms with Crippen LogP contribution in [-0.4, -0.2) is 11.3 Å². The minimum Gasteiger partial charge on any atom is -0.383 e. The summed E-state index contributed by atoms with van der Waals surface area (Å²) in [7, 11) is 0. The molecule has 0 radical (unpaired) electrons. The Morgan fingerprint density at radius 1 is 1.54 bits per heavy atom. The van der Waals surface area contributed by atoms with Gasteiger partial charge in [-0.15, -0.1) is 0 Å². The van der Waals surface area contributed by atoms with Crippen molar-refractivity contribution < 1.29 is 4.79 Å². The number of hydrogen-bond donors (Lipinski definition) is 1. The minimum atomic E-state index is -0.0310. The number of carbonyl (C=O) groups excluding carboxylic acids is 1. The summed E-state index contributed by atoms with van der Waals surface area (Å²) in [5.74, 6) is 0.622. The minimum absolute atomic E-state index is 0.0310. The number of rotatable bonds is 0. The van der Waals surface area contributed by atoms with E-state index >= 15 is 0 Å².